The first-order valence-corrected chi connectivity index (χ1v) is 8.32. The highest BCUT2D eigenvalue weighted by Crippen LogP contribution is 2.29. The van der Waals surface area contributed by atoms with Gasteiger partial charge in [0, 0.05) is 32.4 Å². The SMILES string of the molecule is CN=C(NCc1cccc(C(F)(F)F)c1)NCc1ccnc(OCC(F)(F)F)c1.I. The molecule has 2 rings (SSSR count). The molecule has 0 unspecified atom stereocenters. The van der Waals surface area contributed by atoms with Crippen LogP contribution in [0.3, 0.4) is 0 Å². The summed E-state index contributed by atoms with van der Waals surface area (Å²) in [6, 6.07) is 7.80. The Kier molecular flexibility index (Phi) is 9.65. The maximum atomic E-state index is 12.8. The molecule has 1 heterocycles. The van der Waals surface area contributed by atoms with Gasteiger partial charge in [0.1, 0.15) is 0 Å². The van der Waals surface area contributed by atoms with Crippen LogP contribution in [0.25, 0.3) is 0 Å². The van der Waals surface area contributed by atoms with Crippen molar-refractivity contribution in [1.82, 2.24) is 15.6 Å². The van der Waals surface area contributed by atoms with Crippen LogP contribution in [0.2, 0.25) is 0 Å². The molecular formula is C18H19F6IN4O. The van der Waals surface area contributed by atoms with Gasteiger partial charge in [-0.3, -0.25) is 4.99 Å². The van der Waals surface area contributed by atoms with Crippen molar-refractivity contribution in [3.05, 3.63) is 59.3 Å². The van der Waals surface area contributed by atoms with E-state index in [2.05, 4.69) is 25.3 Å². The molecule has 12 heteroatoms. The van der Waals surface area contributed by atoms with Crippen LogP contribution in [0.1, 0.15) is 16.7 Å². The van der Waals surface area contributed by atoms with Gasteiger partial charge in [0.2, 0.25) is 5.88 Å². The highest BCUT2D eigenvalue weighted by atomic mass is 127. The van der Waals surface area contributed by atoms with E-state index >= 15 is 0 Å². The van der Waals surface area contributed by atoms with Gasteiger partial charge >= 0.3 is 12.4 Å². The van der Waals surface area contributed by atoms with Gasteiger partial charge < -0.3 is 15.4 Å². The fraction of sp³-hybridized carbons (Fsp3) is 0.333. The molecule has 0 aliphatic heterocycles. The molecule has 1 aromatic carbocycles. The topological polar surface area (TPSA) is 58.5 Å². The van der Waals surface area contributed by atoms with E-state index in [1.165, 1.54) is 25.4 Å². The number of pyridine rings is 1. The molecule has 0 bridgehead atoms. The summed E-state index contributed by atoms with van der Waals surface area (Å²) < 4.78 is 79.5. The molecule has 5 nitrogen and oxygen atoms in total. The van der Waals surface area contributed by atoms with Gasteiger partial charge in [-0.15, -0.1) is 24.0 Å². The molecule has 0 fully saturated rings. The normalized spacial score (nSPS) is 12.2. The lowest BCUT2D eigenvalue weighted by Gasteiger charge is -2.14. The van der Waals surface area contributed by atoms with Crippen LogP contribution >= 0.6 is 24.0 Å². The second kappa shape index (κ2) is 11.2. The van der Waals surface area contributed by atoms with Crippen LogP contribution in [0.15, 0.2) is 47.6 Å². The molecule has 0 radical (unpaired) electrons. The van der Waals surface area contributed by atoms with Gasteiger partial charge in [-0.2, -0.15) is 26.3 Å². The van der Waals surface area contributed by atoms with E-state index in [1.807, 2.05) is 0 Å². The third-order valence-corrected chi connectivity index (χ3v) is 3.58. The molecule has 0 amide bonds. The molecule has 0 saturated heterocycles. The zero-order chi connectivity index (χ0) is 21.5. The summed E-state index contributed by atoms with van der Waals surface area (Å²) in [7, 11) is 1.48. The molecule has 0 aliphatic rings. The minimum absolute atomic E-state index is 0. The molecular weight excluding hydrogens is 529 g/mol. The van der Waals surface area contributed by atoms with E-state index < -0.39 is 24.5 Å². The van der Waals surface area contributed by atoms with Gasteiger partial charge in [0.15, 0.2) is 12.6 Å². The Morgan fingerprint density at radius 3 is 2.20 bits per heavy atom. The minimum Gasteiger partial charge on any atom is -0.468 e. The largest absolute Gasteiger partial charge is 0.468 e. The van der Waals surface area contributed by atoms with Crippen molar-refractivity contribution in [2.24, 2.45) is 4.99 Å². The molecule has 2 N–H and O–H groups in total. The number of hydrogen-bond donors (Lipinski definition) is 2. The van der Waals surface area contributed by atoms with E-state index in [4.69, 9.17) is 0 Å². The highest BCUT2D eigenvalue weighted by molar-refractivity contribution is 14.0. The number of hydrogen-bond acceptors (Lipinski definition) is 3. The highest BCUT2D eigenvalue weighted by Gasteiger charge is 2.30. The number of guanidine groups is 1. The summed E-state index contributed by atoms with van der Waals surface area (Å²) in [6.45, 7) is -1.16. The number of halogens is 7. The summed E-state index contributed by atoms with van der Waals surface area (Å²) in [5.74, 6) is 0.130. The molecule has 0 atom stereocenters. The summed E-state index contributed by atoms with van der Waals surface area (Å²) in [5.41, 5.74) is 0.247. The van der Waals surface area contributed by atoms with E-state index in [1.54, 1.807) is 12.1 Å². The van der Waals surface area contributed by atoms with Gasteiger partial charge in [0.05, 0.1) is 5.56 Å². The van der Waals surface area contributed by atoms with Crippen molar-refractivity contribution >= 4 is 29.9 Å². The van der Waals surface area contributed by atoms with Crippen LogP contribution in [-0.2, 0) is 19.3 Å². The van der Waals surface area contributed by atoms with Gasteiger partial charge in [0.25, 0.3) is 0 Å². The Morgan fingerprint density at radius 2 is 1.63 bits per heavy atom. The van der Waals surface area contributed by atoms with Crippen molar-refractivity contribution < 1.29 is 31.1 Å². The second-order valence-electron chi connectivity index (χ2n) is 5.88. The fourth-order valence-electron chi connectivity index (χ4n) is 2.24. The van der Waals surface area contributed by atoms with Gasteiger partial charge in [-0.25, -0.2) is 4.98 Å². The standard InChI is InChI=1S/C18H18F6N4O.HI/c1-25-16(27-9-12-3-2-4-14(7-12)18(22,23)24)28-10-13-5-6-26-15(8-13)29-11-17(19,20)21;/h2-8H,9-11H2,1H3,(H2,25,27,28);1H. The number of aromatic nitrogens is 1. The van der Waals surface area contributed by atoms with Gasteiger partial charge in [-0.05, 0) is 29.3 Å². The molecule has 0 aliphatic carbocycles. The first kappa shape index (κ1) is 25.8. The summed E-state index contributed by atoms with van der Waals surface area (Å²) in [4.78, 5) is 7.66. The predicted molar refractivity (Wildman–Crippen MR) is 110 cm³/mol. The third-order valence-electron chi connectivity index (χ3n) is 3.58. The van der Waals surface area contributed by atoms with Gasteiger partial charge in [-0.1, -0.05) is 12.1 Å². The monoisotopic (exact) mass is 548 g/mol. The van der Waals surface area contributed by atoms with Crippen molar-refractivity contribution in [1.29, 1.82) is 0 Å². The number of nitrogens with zero attached hydrogens (tertiary/aromatic N) is 2. The van der Waals surface area contributed by atoms with Crippen LogP contribution in [-0.4, -0.2) is 30.8 Å². The van der Waals surface area contributed by atoms with E-state index in [0.29, 0.717) is 17.1 Å². The molecule has 1 aromatic heterocycles. The fourth-order valence-corrected chi connectivity index (χ4v) is 2.24. The zero-order valence-corrected chi connectivity index (χ0v) is 18.0. The van der Waals surface area contributed by atoms with Crippen LogP contribution in [0.4, 0.5) is 26.3 Å². The average molecular weight is 548 g/mol. The molecule has 0 saturated carbocycles. The number of alkyl halides is 6. The first-order valence-electron chi connectivity index (χ1n) is 8.32. The Bertz CT molecular complexity index is 842. The molecule has 30 heavy (non-hydrogen) atoms. The van der Waals surface area contributed by atoms with Crippen molar-refractivity contribution in [3.8, 4) is 5.88 Å². The number of rotatable bonds is 6. The first-order chi connectivity index (χ1) is 13.6. The molecule has 166 valence electrons. The maximum absolute atomic E-state index is 12.8. The van der Waals surface area contributed by atoms with Crippen LogP contribution in [0.5, 0.6) is 5.88 Å². The number of nitrogens with one attached hydrogen (secondary N) is 2. The number of benzene rings is 1. The van der Waals surface area contributed by atoms with Crippen LogP contribution in [0, 0.1) is 0 Å². The smallest absolute Gasteiger partial charge is 0.422 e. The van der Waals surface area contributed by atoms with Crippen molar-refractivity contribution in [2.45, 2.75) is 25.4 Å². The number of ether oxygens (including phenoxy) is 1. The van der Waals surface area contributed by atoms with E-state index in [-0.39, 0.29) is 42.9 Å². The number of aliphatic imine (C=N–C) groups is 1. The van der Waals surface area contributed by atoms with E-state index in [9.17, 15) is 26.3 Å². The predicted octanol–water partition coefficient (Wildman–Crippen LogP) is 4.52. The Labute approximate surface area is 186 Å². The summed E-state index contributed by atoms with van der Waals surface area (Å²) in [6.07, 6.45) is -7.59. The maximum Gasteiger partial charge on any atom is 0.422 e. The summed E-state index contributed by atoms with van der Waals surface area (Å²) in [5, 5.41) is 5.78. The quantitative estimate of drug-likeness (QED) is 0.241. The zero-order valence-electron chi connectivity index (χ0n) is 15.6. The lowest BCUT2D eigenvalue weighted by atomic mass is 10.1. The second-order valence-corrected chi connectivity index (χ2v) is 5.88. The Morgan fingerprint density at radius 1 is 1.00 bits per heavy atom. The molecule has 0 spiro atoms. The molecule has 2 aromatic rings. The third kappa shape index (κ3) is 9.05. The van der Waals surface area contributed by atoms with Crippen molar-refractivity contribution in [3.63, 3.8) is 0 Å². The minimum atomic E-state index is -4.47. The average Bonchev–Trinajstić information content (AvgIpc) is 2.66. The Hall–Kier alpha value is -2.25. The van der Waals surface area contributed by atoms with Crippen LogP contribution < -0.4 is 15.4 Å². The lowest BCUT2D eigenvalue weighted by Crippen LogP contribution is -2.36. The summed E-state index contributed by atoms with van der Waals surface area (Å²) >= 11 is 0. The van der Waals surface area contributed by atoms with Crippen molar-refractivity contribution in [2.75, 3.05) is 13.7 Å². The Balaban J connectivity index is 0.00000450. The van der Waals surface area contributed by atoms with E-state index in [0.717, 1.165) is 12.1 Å². The lowest BCUT2D eigenvalue weighted by molar-refractivity contribution is -0.154.